The number of carbonyl (C=O) groups excluding carboxylic acids is 9. The summed E-state index contributed by atoms with van der Waals surface area (Å²) in [6.07, 6.45) is 2.81. The summed E-state index contributed by atoms with van der Waals surface area (Å²) in [5.74, 6) is -9.19. The molecule has 0 aromatic heterocycles. The zero-order valence-electron chi connectivity index (χ0n) is 39.0. The van der Waals surface area contributed by atoms with E-state index < -0.39 is 114 Å². The van der Waals surface area contributed by atoms with Gasteiger partial charge in [-0.15, -0.1) is 0 Å². The van der Waals surface area contributed by atoms with Crippen LogP contribution < -0.4 is 65.1 Å². The summed E-state index contributed by atoms with van der Waals surface area (Å²) in [6.45, 7) is 3.31. The van der Waals surface area contributed by atoms with Gasteiger partial charge in [0.05, 0.1) is 18.7 Å². The van der Waals surface area contributed by atoms with Crippen molar-refractivity contribution in [2.24, 2.45) is 22.2 Å². The van der Waals surface area contributed by atoms with E-state index in [1.165, 1.54) is 18.7 Å². The van der Waals surface area contributed by atoms with Crippen molar-refractivity contribution in [3.63, 3.8) is 0 Å². The van der Waals surface area contributed by atoms with Gasteiger partial charge in [-0.2, -0.15) is 37.0 Å². The predicted molar refractivity (Wildman–Crippen MR) is 267 cm³/mol. The van der Waals surface area contributed by atoms with E-state index in [2.05, 4.69) is 78.1 Å². The first kappa shape index (κ1) is 61.2. The lowest BCUT2D eigenvalue weighted by molar-refractivity contribution is -0.141. The Morgan fingerprint density at radius 2 is 1.17 bits per heavy atom. The fraction of sp³-hybridized carbons (Fsp3) is 0.595. The van der Waals surface area contributed by atoms with Gasteiger partial charge in [0.2, 0.25) is 53.2 Å². The molecule has 0 fully saturated rings. The second-order valence-electron chi connectivity index (χ2n) is 15.5. The molecule has 0 saturated heterocycles. The largest absolute Gasteiger partial charge is 0.481 e. The van der Waals surface area contributed by atoms with Crippen molar-refractivity contribution >= 4 is 102 Å². The third-order valence-electron chi connectivity index (χ3n) is 9.75. The number of nitrogens with two attached hydrogens (primary N) is 3. The standard InChI is InChI=1S/C42H69N13O11S3/c1-4-16-46-35(60)24(2)49-38(63)28(18-25-11-6-5-7-12-25)53-41(66)31(22-68)55-39(64)29(19-34(58)59)51-32(56)20-48-36(61)26(14-10-17-47-42(44)45)52-40(65)30(21-67)54-37(62)27(13-8-9-15-43)50-33(57)23-69-3/h5-7,11-12,24,26-31,67-68H,4,8-10,13-23,43H2,1-3H3,(H,46,60)(H,48,61)(H,49,63)(H,50,57)(H,51,56)(H,52,65)(H,53,66)(H,54,62)(H,55,64)(H,58,59)(H4,44,45,47)/t24-,26-,27-,28-,29-,30-,31-/m0/s1. The maximum absolute atomic E-state index is 13.6. The number of hydrogen-bond donors (Lipinski definition) is 15. The number of amides is 9. The van der Waals surface area contributed by atoms with Crippen LogP contribution in [0, 0.1) is 0 Å². The average molecular weight is 1030 g/mol. The van der Waals surface area contributed by atoms with Crippen LogP contribution in [0.2, 0.25) is 0 Å². The minimum Gasteiger partial charge on any atom is -0.481 e. The van der Waals surface area contributed by atoms with Crippen molar-refractivity contribution in [1.82, 2.24) is 47.9 Å². The first-order chi connectivity index (χ1) is 32.8. The fourth-order valence-corrected chi connectivity index (χ4v) is 7.00. The van der Waals surface area contributed by atoms with Gasteiger partial charge < -0.3 is 70.2 Å². The van der Waals surface area contributed by atoms with E-state index >= 15 is 0 Å². The number of hydrogen-bond acceptors (Lipinski definition) is 15. The Kier molecular flexibility index (Phi) is 30.6. The molecule has 0 aliphatic heterocycles. The molecule has 1 aromatic carbocycles. The van der Waals surface area contributed by atoms with Crippen molar-refractivity contribution in [2.45, 2.75) is 108 Å². The quantitative estimate of drug-likeness (QED) is 0.0136. The SMILES string of the molecule is CCCNC(=O)[C@H](C)NC(=O)[C@H](Cc1ccccc1)NC(=O)[C@H](CS)NC(=O)[C@H](CC(=O)O)NC(=O)CNC(=O)[C@H](CCCN=C(N)N)NC(=O)[C@H](CS)NC(=O)[C@H](CCCCN)NC(=O)CSC. The van der Waals surface area contributed by atoms with Crippen LogP contribution in [-0.2, 0) is 54.4 Å². The molecule has 9 amide bonds. The van der Waals surface area contributed by atoms with Crippen LogP contribution >= 0.6 is 37.0 Å². The van der Waals surface area contributed by atoms with Crippen LogP contribution in [0.25, 0.3) is 0 Å². The van der Waals surface area contributed by atoms with Crippen LogP contribution in [-0.4, -0.2) is 162 Å². The highest BCUT2D eigenvalue weighted by atomic mass is 32.2. The molecular formula is C42H69N13O11S3. The maximum atomic E-state index is 13.6. The molecule has 0 aliphatic rings. The lowest BCUT2D eigenvalue weighted by Crippen LogP contribution is -2.59. The third-order valence-corrected chi connectivity index (χ3v) is 11.0. The highest BCUT2D eigenvalue weighted by Crippen LogP contribution is 2.08. The van der Waals surface area contributed by atoms with Gasteiger partial charge in [0.15, 0.2) is 5.96 Å². The summed E-state index contributed by atoms with van der Waals surface area (Å²) in [6, 6.07) is -0.425. The third kappa shape index (κ3) is 25.4. The van der Waals surface area contributed by atoms with Crippen molar-refractivity contribution in [2.75, 3.05) is 49.7 Å². The number of unbranched alkanes of at least 4 members (excludes halogenated alkanes) is 1. The van der Waals surface area contributed by atoms with Crippen molar-refractivity contribution in [3.8, 4) is 0 Å². The molecule has 0 saturated carbocycles. The molecule has 0 aliphatic carbocycles. The van der Waals surface area contributed by atoms with Crippen molar-refractivity contribution < 1.29 is 53.1 Å². The van der Waals surface area contributed by atoms with Crippen LogP contribution in [0.5, 0.6) is 0 Å². The van der Waals surface area contributed by atoms with Gasteiger partial charge in [-0.25, -0.2) is 0 Å². The number of benzene rings is 1. The van der Waals surface area contributed by atoms with E-state index in [1.807, 2.05) is 6.92 Å². The van der Waals surface area contributed by atoms with Gasteiger partial charge in [-0.05, 0) is 63.8 Å². The van der Waals surface area contributed by atoms with E-state index in [4.69, 9.17) is 17.2 Å². The minimum absolute atomic E-state index is 0.0125. The summed E-state index contributed by atoms with van der Waals surface area (Å²) < 4.78 is 0. The number of guanidine groups is 1. The smallest absolute Gasteiger partial charge is 0.305 e. The number of aliphatic imine (C=N–C) groups is 1. The van der Waals surface area contributed by atoms with Gasteiger partial charge in [0.1, 0.15) is 42.3 Å². The second kappa shape index (κ2) is 34.5. The van der Waals surface area contributed by atoms with Gasteiger partial charge >= 0.3 is 5.97 Å². The topological polar surface area (TPSA) is 390 Å². The highest BCUT2D eigenvalue weighted by molar-refractivity contribution is 7.99. The molecule has 69 heavy (non-hydrogen) atoms. The summed E-state index contributed by atoms with van der Waals surface area (Å²) >= 11 is 9.63. The molecule has 27 heteroatoms. The summed E-state index contributed by atoms with van der Waals surface area (Å²) in [5.41, 5.74) is 17.1. The van der Waals surface area contributed by atoms with E-state index in [1.54, 1.807) is 36.6 Å². The summed E-state index contributed by atoms with van der Waals surface area (Å²) in [5, 5.41) is 32.0. The molecular weight excluding hydrogens is 959 g/mol. The zero-order valence-corrected chi connectivity index (χ0v) is 41.7. The Morgan fingerprint density at radius 3 is 1.72 bits per heavy atom. The molecule has 16 N–H and O–H groups in total. The van der Waals surface area contributed by atoms with Gasteiger partial charge in [-0.1, -0.05) is 37.3 Å². The molecule has 1 aromatic rings. The van der Waals surface area contributed by atoms with E-state index in [0.29, 0.717) is 37.9 Å². The zero-order chi connectivity index (χ0) is 51.9. The number of carbonyl (C=O) groups is 10. The Balaban J connectivity index is 3.16. The lowest BCUT2D eigenvalue weighted by atomic mass is 10.0. The Bertz CT molecular complexity index is 1900. The first-order valence-corrected chi connectivity index (χ1v) is 24.8. The molecule has 7 atom stereocenters. The Hall–Kier alpha value is -5.80. The second-order valence-corrected chi connectivity index (χ2v) is 17.1. The van der Waals surface area contributed by atoms with Gasteiger partial charge in [-0.3, -0.25) is 52.9 Å². The van der Waals surface area contributed by atoms with Crippen LogP contribution in [0.1, 0.15) is 64.4 Å². The normalized spacial score (nSPS) is 13.8. The van der Waals surface area contributed by atoms with Crippen molar-refractivity contribution in [3.05, 3.63) is 35.9 Å². The monoisotopic (exact) mass is 1030 g/mol. The summed E-state index contributed by atoms with van der Waals surface area (Å²) in [7, 11) is 0. The van der Waals surface area contributed by atoms with E-state index in [9.17, 15) is 53.1 Å². The maximum Gasteiger partial charge on any atom is 0.305 e. The average Bonchev–Trinajstić information content (AvgIpc) is 3.30. The van der Waals surface area contributed by atoms with E-state index in [-0.39, 0.29) is 55.4 Å². The number of carboxylic acid groups (broad SMARTS) is 1. The molecule has 0 bridgehead atoms. The van der Waals surface area contributed by atoms with Crippen LogP contribution in [0.15, 0.2) is 35.3 Å². The van der Waals surface area contributed by atoms with Gasteiger partial charge in [0, 0.05) is 31.0 Å². The Morgan fingerprint density at radius 1 is 0.652 bits per heavy atom. The highest BCUT2D eigenvalue weighted by Gasteiger charge is 2.33. The molecule has 386 valence electrons. The van der Waals surface area contributed by atoms with E-state index in [0.717, 1.165) is 0 Å². The number of thiol groups is 2. The lowest BCUT2D eigenvalue weighted by Gasteiger charge is -2.25. The first-order valence-electron chi connectivity index (χ1n) is 22.2. The summed E-state index contributed by atoms with van der Waals surface area (Å²) in [4.78, 5) is 134. The number of carboxylic acids is 1. The van der Waals surface area contributed by atoms with Crippen LogP contribution in [0.4, 0.5) is 0 Å². The molecule has 0 radical (unpaired) electrons. The van der Waals surface area contributed by atoms with Crippen LogP contribution in [0.3, 0.4) is 0 Å². The fourth-order valence-electron chi connectivity index (χ4n) is 6.14. The minimum atomic E-state index is -1.78. The van der Waals surface area contributed by atoms with Crippen molar-refractivity contribution in [1.29, 1.82) is 0 Å². The van der Waals surface area contributed by atoms with Gasteiger partial charge in [0.25, 0.3) is 0 Å². The molecule has 1 rings (SSSR count). The number of nitrogens with one attached hydrogen (secondary N) is 9. The number of rotatable bonds is 34. The number of nitrogens with zero attached hydrogens (tertiary/aromatic N) is 1. The Labute approximate surface area is 416 Å². The number of thioether (sulfide) groups is 1. The molecule has 0 unspecified atom stereocenters. The molecule has 0 spiro atoms. The molecule has 0 heterocycles. The predicted octanol–water partition coefficient (Wildman–Crippen LogP) is -3.84. The molecule has 24 nitrogen and oxygen atoms in total. The number of aliphatic carboxylic acids is 1.